The number of esters is 2. The lowest BCUT2D eigenvalue weighted by Crippen LogP contribution is -2.42. The highest BCUT2D eigenvalue weighted by Crippen LogP contribution is 2.34. The fourth-order valence-electron chi connectivity index (χ4n) is 1.90. The van der Waals surface area contributed by atoms with Gasteiger partial charge in [0.15, 0.2) is 17.1 Å². The lowest BCUT2D eigenvalue weighted by atomic mass is 10.2. The molecule has 2 rings (SSSR count). The second-order valence-electron chi connectivity index (χ2n) is 5.29. The second kappa shape index (κ2) is 6.54. The molecule has 0 aliphatic carbocycles. The summed E-state index contributed by atoms with van der Waals surface area (Å²) in [5, 5.41) is 2.51. The first kappa shape index (κ1) is 18.4. The van der Waals surface area contributed by atoms with Crippen molar-refractivity contribution >= 4 is 17.6 Å². The summed E-state index contributed by atoms with van der Waals surface area (Å²) < 4.78 is 55.6. The molecular weight excluding hydrogens is 347 g/mol. The van der Waals surface area contributed by atoms with Crippen LogP contribution in [0.2, 0.25) is 0 Å². The van der Waals surface area contributed by atoms with Crippen LogP contribution < -0.4 is 14.8 Å². The van der Waals surface area contributed by atoms with Gasteiger partial charge in [0, 0.05) is 31.8 Å². The second-order valence-corrected chi connectivity index (χ2v) is 5.29. The maximum absolute atomic E-state index is 12.4. The summed E-state index contributed by atoms with van der Waals surface area (Å²) in [6, 6.07) is 3.58. The number of rotatable bonds is 4. The molecule has 0 unspecified atom stereocenters. The molecule has 10 heteroatoms. The maximum Gasteiger partial charge on any atom is 0.573 e. The predicted molar refractivity (Wildman–Crippen MR) is 77.6 cm³/mol. The zero-order valence-electron chi connectivity index (χ0n) is 13.4. The van der Waals surface area contributed by atoms with Crippen molar-refractivity contribution in [3.8, 4) is 11.5 Å². The Morgan fingerprint density at radius 1 is 1.12 bits per heavy atom. The highest BCUT2D eigenvalue weighted by atomic mass is 19.4. The molecule has 136 valence electrons. The van der Waals surface area contributed by atoms with Gasteiger partial charge in [0.1, 0.15) is 0 Å². The van der Waals surface area contributed by atoms with E-state index in [4.69, 9.17) is 14.2 Å². The van der Waals surface area contributed by atoms with Gasteiger partial charge in [-0.25, -0.2) is 9.59 Å². The summed E-state index contributed by atoms with van der Waals surface area (Å²) in [5.41, 5.74) is -0.327. The van der Waals surface area contributed by atoms with E-state index in [0.717, 1.165) is 12.3 Å². The first-order chi connectivity index (χ1) is 11.5. The van der Waals surface area contributed by atoms with Crippen LogP contribution in [0.25, 0.3) is 0 Å². The van der Waals surface area contributed by atoms with Crippen molar-refractivity contribution in [2.45, 2.75) is 26.0 Å². The number of hydrogen-bond acceptors (Lipinski definition) is 7. The number of anilines is 1. The van der Waals surface area contributed by atoms with Gasteiger partial charge in [-0.3, -0.25) is 0 Å². The summed E-state index contributed by atoms with van der Waals surface area (Å²) in [7, 11) is 1.18. The molecule has 7 nitrogen and oxygen atoms in total. The summed E-state index contributed by atoms with van der Waals surface area (Å²) in [6.07, 6.45) is -3.94. The molecule has 1 aromatic rings. The number of benzene rings is 1. The van der Waals surface area contributed by atoms with Crippen LogP contribution in [0.15, 0.2) is 30.0 Å². The molecule has 0 aromatic heterocycles. The topological polar surface area (TPSA) is 83.1 Å². The lowest BCUT2D eigenvalue weighted by molar-refractivity contribution is -0.275. The fourth-order valence-corrected chi connectivity index (χ4v) is 1.90. The number of methoxy groups -OCH3 is 1. The van der Waals surface area contributed by atoms with Crippen LogP contribution in [-0.2, 0) is 19.1 Å². The normalized spacial score (nSPS) is 16.6. The van der Waals surface area contributed by atoms with Crippen molar-refractivity contribution in [3.63, 3.8) is 0 Å². The first-order valence-electron chi connectivity index (χ1n) is 6.88. The third kappa shape index (κ3) is 4.78. The van der Waals surface area contributed by atoms with Gasteiger partial charge in [-0.15, -0.1) is 13.2 Å². The Kier molecular flexibility index (Phi) is 4.82. The summed E-state index contributed by atoms with van der Waals surface area (Å²) in [4.78, 5) is 23.5. The number of halogens is 3. The molecule has 1 aromatic carbocycles. The van der Waals surface area contributed by atoms with Crippen molar-refractivity contribution in [1.82, 2.24) is 0 Å². The molecule has 1 saturated heterocycles. The highest BCUT2D eigenvalue weighted by molar-refractivity contribution is 6.15. The summed E-state index contributed by atoms with van der Waals surface area (Å²) in [5.74, 6) is -3.97. The Morgan fingerprint density at radius 2 is 1.72 bits per heavy atom. The van der Waals surface area contributed by atoms with Crippen molar-refractivity contribution in [1.29, 1.82) is 0 Å². The summed E-state index contributed by atoms with van der Waals surface area (Å²) >= 11 is 0. The molecule has 25 heavy (non-hydrogen) atoms. The molecule has 1 N–H and O–H groups in total. The van der Waals surface area contributed by atoms with E-state index >= 15 is 0 Å². The monoisotopic (exact) mass is 361 g/mol. The molecule has 0 radical (unpaired) electrons. The third-order valence-corrected chi connectivity index (χ3v) is 2.89. The van der Waals surface area contributed by atoms with Crippen molar-refractivity contribution < 1.29 is 41.7 Å². The van der Waals surface area contributed by atoms with Crippen LogP contribution in [0.3, 0.4) is 0 Å². The number of hydrogen-bond donors (Lipinski definition) is 1. The zero-order valence-corrected chi connectivity index (χ0v) is 13.4. The van der Waals surface area contributed by atoms with Gasteiger partial charge in [0.05, 0.1) is 7.11 Å². The maximum atomic E-state index is 12.4. The molecular formula is C15H14F3NO6. The van der Waals surface area contributed by atoms with Crippen LogP contribution in [0.4, 0.5) is 18.9 Å². The van der Waals surface area contributed by atoms with Crippen LogP contribution in [0.5, 0.6) is 11.5 Å². The molecule has 1 heterocycles. The van der Waals surface area contributed by atoms with E-state index in [2.05, 4.69) is 10.1 Å². The van der Waals surface area contributed by atoms with E-state index in [1.54, 1.807) is 0 Å². The minimum atomic E-state index is -4.91. The molecule has 1 aliphatic rings. The van der Waals surface area contributed by atoms with Gasteiger partial charge in [-0.2, -0.15) is 0 Å². The minimum absolute atomic E-state index is 0.109. The number of carbonyl (C=O) groups excluding carboxylic acids is 2. The Morgan fingerprint density at radius 3 is 2.24 bits per heavy atom. The highest BCUT2D eigenvalue weighted by Gasteiger charge is 2.39. The largest absolute Gasteiger partial charge is 0.573 e. The van der Waals surface area contributed by atoms with Gasteiger partial charge in [0.2, 0.25) is 0 Å². The van der Waals surface area contributed by atoms with E-state index < -0.39 is 35.4 Å². The Balaban J connectivity index is 2.22. The SMILES string of the molecule is COc1ccc(NC=C2C(=O)OC(C)(C)OC2=O)cc1OC(F)(F)F. The average Bonchev–Trinajstić information content (AvgIpc) is 2.43. The van der Waals surface area contributed by atoms with Crippen LogP contribution >= 0.6 is 0 Å². The van der Waals surface area contributed by atoms with Gasteiger partial charge < -0.3 is 24.3 Å². The zero-order chi connectivity index (χ0) is 18.8. The van der Waals surface area contributed by atoms with Crippen LogP contribution in [0.1, 0.15) is 13.8 Å². The predicted octanol–water partition coefficient (Wildman–Crippen LogP) is 2.73. The average molecular weight is 361 g/mol. The molecule has 0 bridgehead atoms. The third-order valence-electron chi connectivity index (χ3n) is 2.89. The van der Waals surface area contributed by atoms with E-state index in [1.807, 2.05) is 0 Å². The van der Waals surface area contributed by atoms with E-state index in [9.17, 15) is 22.8 Å². The number of nitrogens with one attached hydrogen (secondary N) is 1. The van der Waals surface area contributed by atoms with Gasteiger partial charge in [0.25, 0.3) is 5.79 Å². The molecule has 1 aliphatic heterocycles. The number of carbonyl (C=O) groups is 2. The van der Waals surface area contributed by atoms with Crippen LogP contribution in [-0.4, -0.2) is 31.2 Å². The quantitative estimate of drug-likeness (QED) is 0.502. The van der Waals surface area contributed by atoms with Crippen molar-refractivity contribution in [2.24, 2.45) is 0 Å². The van der Waals surface area contributed by atoms with Gasteiger partial charge in [-0.05, 0) is 12.1 Å². The van der Waals surface area contributed by atoms with E-state index in [-0.39, 0.29) is 11.4 Å². The van der Waals surface area contributed by atoms with E-state index in [0.29, 0.717) is 0 Å². The van der Waals surface area contributed by atoms with Crippen molar-refractivity contribution in [2.75, 3.05) is 12.4 Å². The smallest absolute Gasteiger partial charge is 0.493 e. The Bertz CT molecular complexity index is 704. The van der Waals surface area contributed by atoms with E-state index in [1.165, 1.54) is 33.1 Å². The molecule has 0 spiro atoms. The molecule has 1 fully saturated rings. The molecule has 0 amide bonds. The fraction of sp³-hybridized carbons (Fsp3) is 0.333. The van der Waals surface area contributed by atoms with Crippen LogP contribution in [0, 0.1) is 0 Å². The number of ether oxygens (including phenoxy) is 4. The summed E-state index contributed by atoms with van der Waals surface area (Å²) in [6.45, 7) is 2.77. The number of cyclic esters (lactones) is 2. The lowest BCUT2D eigenvalue weighted by Gasteiger charge is -2.29. The van der Waals surface area contributed by atoms with Gasteiger partial charge >= 0.3 is 18.3 Å². The minimum Gasteiger partial charge on any atom is -0.493 e. The van der Waals surface area contributed by atoms with Crippen molar-refractivity contribution in [3.05, 3.63) is 30.0 Å². The molecule has 0 atom stereocenters. The Hall–Kier alpha value is -2.91. The Labute approximate surface area is 140 Å². The first-order valence-corrected chi connectivity index (χ1v) is 6.88. The standard InChI is InChI=1S/C15H14F3NO6/c1-14(2)24-12(20)9(13(21)25-14)7-19-8-4-5-10(22-3)11(6-8)23-15(16,17)18/h4-7,19H,1-3H3. The molecule has 0 saturated carbocycles. The van der Waals surface area contributed by atoms with Gasteiger partial charge in [-0.1, -0.05) is 0 Å². The number of alkyl halides is 3.